The molecule has 0 bridgehead atoms. The van der Waals surface area contributed by atoms with Gasteiger partial charge in [-0.3, -0.25) is 0 Å². The number of nitrogens with one attached hydrogen (secondary N) is 1. The van der Waals surface area contributed by atoms with Crippen molar-refractivity contribution in [2.45, 2.75) is 12.3 Å². The topological polar surface area (TPSA) is 21.3 Å². The molecule has 0 amide bonds. The Labute approximate surface area is 112 Å². The first-order valence-corrected chi connectivity index (χ1v) is 6.62. The van der Waals surface area contributed by atoms with Crippen LogP contribution in [0, 0.1) is 5.92 Å². The molecule has 0 spiro atoms. The minimum Gasteiger partial charge on any atom is -0.383 e. The molecule has 0 aromatic heterocycles. The molecule has 94 valence electrons. The molecule has 2 unspecified atom stereocenters. The van der Waals surface area contributed by atoms with Crippen LogP contribution in [0.15, 0.2) is 18.2 Å². The molecule has 1 aliphatic carbocycles. The Hall–Kier alpha value is -0.280. The number of hydrogen-bond acceptors (Lipinski definition) is 2. The number of benzene rings is 1. The fourth-order valence-electron chi connectivity index (χ4n) is 2.12. The molecule has 0 radical (unpaired) electrons. The van der Waals surface area contributed by atoms with E-state index in [0.29, 0.717) is 16.9 Å². The van der Waals surface area contributed by atoms with Gasteiger partial charge in [-0.15, -0.1) is 0 Å². The van der Waals surface area contributed by atoms with E-state index in [-0.39, 0.29) is 0 Å². The van der Waals surface area contributed by atoms with Gasteiger partial charge in [-0.05, 0) is 42.5 Å². The van der Waals surface area contributed by atoms with Crippen LogP contribution < -0.4 is 5.32 Å². The number of rotatable bonds is 6. The van der Waals surface area contributed by atoms with Gasteiger partial charge in [-0.1, -0.05) is 29.3 Å². The molecular weight excluding hydrogens is 257 g/mol. The van der Waals surface area contributed by atoms with Crippen molar-refractivity contribution < 1.29 is 4.74 Å². The highest BCUT2D eigenvalue weighted by Crippen LogP contribution is 2.49. The SMILES string of the molecule is COCCNCC1CC1c1ccc(Cl)cc1Cl. The number of ether oxygens (including phenoxy) is 1. The molecule has 2 nitrogen and oxygen atoms in total. The summed E-state index contributed by atoms with van der Waals surface area (Å²) in [5, 5.41) is 4.88. The number of halogens is 2. The Morgan fingerprint density at radius 3 is 2.94 bits per heavy atom. The summed E-state index contributed by atoms with van der Waals surface area (Å²) < 4.78 is 4.99. The van der Waals surface area contributed by atoms with E-state index >= 15 is 0 Å². The summed E-state index contributed by atoms with van der Waals surface area (Å²) in [6.45, 7) is 2.71. The third-order valence-corrected chi connectivity index (χ3v) is 3.74. The van der Waals surface area contributed by atoms with E-state index in [1.807, 2.05) is 18.2 Å². The maximum Gasteiger partial charge on any atom is 0.0587 e. The second kappa shape index (κ2) is 6.05. The summed E-state index contributed by atoms with van der Waals surface area (Å²) >= 11 is 12.1. The van der Waals surface area contributed by atoms with E-state index in [4.69, 9.17) is 27.9 Å². The Balaban J connectivity index is 1.81. The van der Waals surface area contributed by atoms with Gasteiger partial charge in [0.15, 0.2) is 0 Å². The van der Waals surface area contributed by atoms with E-state index in [1.54, 1.807) is 7.11 Å². The van der Waals surface area contributed by atoms with Crippen molar-refractivity contribution in [1.82, 2.24) is 5.32 Å². The maximum absolute atomic E-state index is 6.19. The van der Waals surface area contributed by atoms with E-state index in [1.165, 1.54) is 12.0 Å². The van der Waals surface area contributed by atoms with Gasteiger partial charge in [0.25, 0.3) is 0 Å². The average Bonchev–Trinajstić information content (AvgIpc) is 3.04. The Morgan fingerprint density at radius 1 is 1.41 bits per heavy atom. The van der Waals surface area contributed by atoms with Crippen molar-refractivity contribution in [1.29, 1.82) is 0 Å². The van der Waals surface area contributed by atoms with E-state index < -0.39 is 0 Å². The van der Waals surface area contributed by atoms with Crippen LogP contribution in [-0.4, -0.2) is 26.8 Å². The van der Waals surface area contributed by atoms with Crippen LogP contribution in [0.4, 0.5) is 0 Å². The van der Waals surface area contributed by atoms with Crippen LogP contribution in [0.5, 0.6) is 0 Å². The lowest BCUT2D eigenvalue weighted by atomic mass is 10.1. The van der Waals surface area contributed by atoms with Gasteiger partial charge in [0, 0.05) is 23.7 Å². The van der Waals surface area contributed by atoms with Crippen molar-refractivity contribution in [3.63, 3.8) is 0 Å². The zero-order valence-electron chi connectivity index (χ0n) is 9.88. The molecule has 1 aromatic rings. The standard InChI is InChI=1S/C13H17Cl2NO/c1-17-5-4-16-8-9-6-12(9)11-3-2-10(14)7-13(11)15/h2-3,7,9,12,16H,4-6,8H2,1H3. The predicted octanol–water partition coefficient (Wildman–Crippen LogP) is 3.33. The van der Waals surface area contributed by atoms with E-state index in [2.05, 4.69) is 5.32 Å². The summed E-state index contributed by atoms with van der Waals surface area (Å²) in [6.07, 6.45) is 1.21. The second-order valence-corrected chi connectivity index (χ2v) is 5.31. The fourth-order valence-corrected chi connectivity index (χ4v) is 2.67. The highest BCUT2D eigenvalue weighted by Gasteiger charge is 2.38. The van der Waals surface area contributed by atoms with Crippen LogP contribution in [0.25, 0.3) is 0 Å². The van der Waals surface area contributed by atoms with Gasteiger partial charge < -0.3 is 10.1 Å². The summed E-state index contributed by atoms with van der Waals surface area (Å²) in [5.41, 5.74) is 1.23. The lowest BCUT2D eigenvalue weighted by Gasteiger charge is -2.05. The monoisotopic (exact) mass is 273 g/mol. The molecule has 4 heteroatoms. The molecule has 2 atom stereocenters. The molecule has 0 saturated heterocycles. The Morgan fingerprint density at radius 2 is 2.24 bits per heavy atom. The Kier molecular flexibility index (Phi) is 4.69. The summed E-state index contributed by atoms with van der Waals surface area (Å²) in [5.74, 6) is 1.29. The Bertz CT molecular complexity index is 384. The van der Waals surface area contributed by atoms with E-state index in [0.717, 1.165) is 24.7 Å². The van der Waals surface area contributed by atoms with Crippen LogP contribution in [0.1, 0.15) is 17.9 Å². The van der Waals surface area contributed by atoms with Crippen LogP contribution in [0.2, 0.25) is 10.0 Å². The lowest BCUT2D eigenvalue weighted by molar-refractivity contribution is 0.199. The smallest absolute Gasteiger partial charge is 0.0587 e. The largest absolute Gasteiger partial charge is 0.383 e. The third kappa shape index (κ3) is 3.59. The first kappa shape index (κ1) is 13.2. The van der Waals surface area contributed by atoms with Gasteiger partial charge in [0.05, 0.1) is 6.61 Å². The lowest BCUT2D eigenvalue weighted by Crippen LogP contribution is -2.21. The molecule has 17 heavy (non-hydrogen) atoms. The first-order chi connectivity index (χ1) is 8.22. The zero-order chi connectivity index (χ0) is 12.3. The summed E-state index contributed by atoms with van der Waals surface area (Å²) in [6, 6.07) is 5.78. The van der Waals surface area contributed by atoms with Crippen LogP contribution in [-0.2, 0) is 4.74 Å². The van der Waals surface area contributed by atoms with Gasteiger partial charge in [0.2, 0.25) is 0 Å². The third-order valence-electron chi connectivity index (χ3n) is 3.17. The van der Waals surface area contributed by atoms with Crippen LogP contribution in [0.3, 0.4) is 0 Å². The normalized spacial score (nSPS) is 22.8. The first-order valence-electron chi connectivity index (χ1n) is 5.87. The summed E-state index contributed by atoms with van der Waals surface area (Å²) in [7, 11) is 1.72. The number of methoxy groups -OCH3 is 1. The van der Waals surface area contributed by atoms with Crippen molar-refractivity contribution in [2.75, 3.05) is 26.8 Å². The second-order valence-electron chi connectivity index (χ2n) is 4.47. The maximum atomic E-state index is 6.19. The van der Waals surface area contributed by atoms with Crippen LogP contribution >= 0.6 is 23.2 Å². The quantitative estimate of drug-likeness (QED) is 0.803. The van der Waals surface area contributed by atoms with Gasteiger partial charge in [0.1, 0.15) is 0 Å². The minimum atomic E-state index is 0.592. The van der Waals surface area contributed by atoms with Crippen molar-refractivity contribution >= 4 is 23.2 Å². The molecule has 0 heterocycles. The average molecular weight is 274 g/mol. The minimum absolute atomic E-state index is 0.592. The van der Waals surface area contributed by atoms with Gasteiger partial charge in [-0.2, -0.15) is 0 Å². The molecule has 1 saturated carbocycles. The molecule has 1 N–H and O–H groups in total. The zero-order valence-corrected chi connectivity index (χ0v) is 11.4. The highest BCUT2D eigenvalue weighted by atomic mass is 35.5. The molecule has 0 aliphatic heterocycles. The van der Waals surface area contributed by atoms with Crippen molar-refractivity contribution in [3.8, 4) is 0 Å². The number of hydrogen-bond donors (Lipinski definition) is 1. The molecule has 1 aromatic carbocycles. The molecule has 2 rings (SSSR count). The van der Waals surface area contributed by atoms with Crippen molar-refractivity contribution in [3.05, 3.63) is 33.8 Å². The van der Waals surface area contributed by atoms with Gasteiger partial charge >= 0.3 is 0 Å². The predicted molar refractivity (Wildman–Crippen MR) is 72.1 cm³/mol. The van der Waals surface area contributed by atoms with Crippen molar-refractivity contribution in [2.24, 2.45) is 5.92 Å². The fraction of sp³-hybridized carbons (Fsp3) is 0.538. The molecular formula is C13H17Cl2NO. The highest BCUT2D eigenvalue weighted by molar-refractivity contribution is 6.35. The van der Waals surface area contributed by atoms with E-state index in [9.17, 15) is 0 Å². The summed E-state index contributed by atoms with van der Waals surface area (Å²) in [4.78, 5) is 0. The molecule has 1 fully saturated rings. The van der Waals surface area contributed by atoms with Gasteiger partial charge in [-0.25, -0.2) is 0 Å². The molecule has 1 aliphatic rings.